The van der Waals surface area contributed by atoms with Crippen LogP contribution in [0.15, 0.2) is 47.5 Å². The van der Waals surface area contributed by atoms with Crippen LogP contribution in [-0.2, 0) is 19.4 Å². The minimum Gasteiger partial charge on any atom is -0.360 e. The van der Waals surface area contributed by atoms with Gasteiger partial charge in [0.25, 0.3) is 5.91 Å². The normalized spacial score (nSPS) is 18.5. The van der Waals surface area contributed by atoms with Crippen molar-refractivity contribution in [3.05, 3.63) is 48.2 Å². The van der Waals surface area contributed by atoms with Crippen LogP contribution in [0.25, 0.3) is 10.3 Å². The molecular formula is C23H25N3O4S2. The molecule has 2 fully saturated rings. The van der Waals surface area contributed by atoms with Crippen LogP contribution in [-0.4, -0.2) is 35.6 Å². The summed E-state index contributed by atoms with van der Waals surface area (Å²) in [5.74, 6) is -0.313. The van der Waals surface area contributed by atoms with E-state index >= 15 is 0 Å². The second-order valence-electron chi connectivity index (χ2n) is 8.43. The van der Waals surface area contributed by atoms with Crippen LogP contribution in [0.2, 0.25) is 0 Å². The standard InChI is InChI=1S/C23H25N3O4S2/c27-21(26-23-25-19-7-4-14-24-22(19)31-23)20(30-16-5-2-1-3-6-16)15-8-10-17(11-9-15)32(28,29)18-12-13-18/h4,7-11,14,16,18,20H,1-3,5-6,12-13H2,(H,25,26,27). The molecule has 7 nitrogen and oxygen atoms in total. The summed E-state index contributed by atoms with van der Waals surface area (Å²) in [4.78, 5) is 23.0. The number of thiazole rings is 1. The minimum atomic E-state index is -3.28. The first-order chi connectivity index (χ1) is 15.5. The fourth-order valence-corrected chi connectivity index (χ4v) is 6.55. The van der Waals surface area contributed by atoms with Crippen molar-refractivity contribution in [2.75, 3.05) is 5.32 Å². The molecule has 0 bridgehead atoms. The maximum atomic E-state index is 13.3. The molecule has 2 aliphatic carbocycles. The second kappa shape index (κ2) is 8.88. The van der Waals surface area contributed by atoms with Crippen molar-refractivity contribution in [3.63, 3.8) is 0 Å². The van der Waals surface area contributed by atoms with Crippen LogP contribution in [0.4, 0.5) is 5.13 Å². The minimum absolute atomic E-state index is 0.00593. The number of rotatable bonds is 7. The third kappa shape index (κ3) is 4.55. The highest BCUT2D eigenvalue weighted by molar-refractivity contribution is 7.92. The average Bonchev–Trinajstić information content (AvgIpc) is 3.59. The number of anilines is 1. The lowest BCUT2D eigenvalue weighted by atomic mass is 9.97. The third-order valence-electron chi connectivity index (χ3n) is 5.99. The van der Waals surface area contributed by atoms with Crippen LogP contribution in [0.1, 0.15) is 56.6 Å². The fraction of sp³-hybridized carbons (Fsp3) is 0.435. The first kappa shape index (κ1) is 21.5. The van der Waals surface area contributed by atoms with E-state index in [-0.39, 0.29) is 17.3 Å². The number of nitrogens with one attached hydrogen (secondary N) is 1. The lowest BCUT2D eigenvalue weighted by Gasteiger charge is -2.27. The fourth-order valence-electron chi connectivity index (χ4n) is 4.08. The first-order valence-electron chi connectivity index (χ1n) is 11.0. The Kier molecular flexibility index (Phi) is 5.96. The quantitative estimate of drug-likeness (QED) is 0.538. The number of sulfone groups is 1. The second-order valence-corrected chi connectivity index (χ2v) is 11.6. The highest BCUT2D eigenvalue weighted by Gasteiger charge is 2.37. The molecular weight excluding hydrogens is 446 g/mol. The van der Waals surface area contributed by atoms with Crippen LogP contribution in [0.3, 0.4) is 0 Å². The van der Waals surface area contributed by atoms with E-state index in [9.17, 15) is 13.2 Å². The van der Waals surface area contributed by atoms with Gasteiger partial charge in [-0.1, -0.05) is 42.7 Å². The number of amides is 1. The number of pyridine rings is 1. The third-order valence-corrected chi connectivity index (χ3v) is 9.16. The molecule has 168 valence electrons. The lowest BCUT2D eigenvalue weighted by molar-refractivity contribution is -0.133. The van der Waals surface area contributed by atoms with Gasteiger partial charge in [-0.2, -0.15) is 0 Å². The Balaban J connectivity index is 1.39. The predicted octanol–water partition coefficient (Wildman–Crippen LogP) is 4.66. The zero-order valence-electron chi connectivity index (χ0n) is 17.6. The Labute approximate surface area is 191 Å². The van der Waals surface area contributed by atoms with E-state index in [1.807, 2.05) is 6.07 Å². The lowest BCUT2D eigenvalue weighted by Crippen LogP contribution is -2.28. The van der Waals surface area contributed by atoms with Crippen molar-refractivity contribution in [1.82, 2.24) is 9.97 Å². The summed E-state index contributed by atoms with van der Waals surface area (Å²) in [5.41, 5.74) is 1.37. The van der Waals surface area contributed by atoms with Crippen LogP contribution < -0.4 is 5.32 Å². The zero-order valence-corrected chi connectivity index (χ0v) is 19.2. The van der Waals surface area contributed by atoms with Gasteiger partial charge < -0.3 is 4.74 Å². The summed E-state index contributed by atoms with van der Waals surface area (Å²) in [6.07, 6.45) is 7.49. The van der Waals surface area contributed by atoms with Crippen molar-refractivity contribution in [2.45, 2.75) is 67.3 Å². The van der Waals surface area contributed by atoms with Gasteiger partial charge in [0.1, 0.15) is 10.3 Å². The molecule has 1 aromatic carbocycles. The molecule has 1 atom stereocenters. The van der Waals surface area contributed by atoms with E-state index in [1.54, 1.807) is 36.5 Å². The van der Waals surface area contributed by atoms with E-state index in [1.165, 1.54) is 17.8 Å². The van der Waals surface area contributed by atoms with Gasteiger partial charge in [0.15, 0.2) is 21.1 Å². The van der Waals surface area contributed by atoms with E-state index in [2.05, 4.69) is 15.3 Å². The maximum absolute atomic E-state index is 13.3. The van der Waals surface area contributed by atoms with Crippen molar-refractivity contribution in [2.24, 2.45) is 0 Å². The summed E-state index contributed by atoms with van der Waals surface area (Å²) in [6, 6.07) is 10.2. The molecule has 0 radical (unpaired) electrons. The molecule has 3 aromatic rings. The van der Waals surface area contributed by atoms with Crippen molar-refractivity contribution in [1.29, 1.82) is 0 Å². The van der Waals surface area contributed by atoms with Crippen LogP contribution >= 0.6 is 11.3 Å². The smallest absolute Gasteiger partial charge is 0.259 e. The molecule has 1 amide bonds. The van der Waals surface area contributed by atoms with Gasteiger partial charge in [-0.25, -0.2) is 18.4 Å². The molecule has 2 aromatic heterocycles. The Morgan fingerprint density at radius 3 is 2.50 bits per heavy atom. The van der Waals surface area contributed by atoms with Gasteiger partial charge in [-0.15, -0.1) is 0 Å². The molecule has 5 rings (SSSR count). The summed E-state index contributed by atoms with van der Waals surface area (Å²) >= 11 is 1.31. The summed E-state index contributed by atoms with van der Waals surface area (Å²) in [5, 5.41) is 3.08. The summed E-state index contributed by atoms with van der Waals surface area (Å²) in [6.45, 7) is 0. The van der Waals surface area contributed by atoms with E-state index < -0.39 is 15.9 Å². The van der Waals surface area contributed by atoms with Crippen LogP contribution in [0, 0.1) is 0 Å². The van der Waals surface area contributed by atoms with Crippen molar-refractivity contribution >= 4 is 42.6 Å². The zero-order chi connectivity index (χ0) is 22.1. The first-order valence-corrected chi connectivity index (χ1v) is 13.4. The molecule has 2 aliphatic rings. The number of hydrogen-bond donors (Lipinski definition) is 1. The van der Waals surface area contributed by atoms with Gasteiger partial charge in [0.05, 0.1) is 16.2 Å². The summed E-state index contributed by atoms with van der Waals surface area (Å²) < 4.78 is 31.3. The van der Waals surface area contributed by atoms with Gasteiger partial charge in [0.2, 0.25) is 0 Å². The van der Waals surface area contributed by atoms with Crippen LogP contribution in [0.5, 0.6) is 0 Å². The van der Waals surface area contributed by atoms with E-state index in [0.29, 0.717) is 15.6 Å². The largest absolute Gasteiger partial charge is 0.360 e. The Bertz CT molecular complexity index is 1180. The SMILES string of the molecule is O=C(Nc1nc2cccnc2s1)C(OC1CCCCC1)c1ccc(S(=O)(=O)C2CC2)cc1. The van der Waals surface area contributed by atoms with Gasteiger partial charge in [0, 0.05) is 6.20 Å². The maximum Gasteiger partial charge on any atom is 0.259 e. The molecule has 0 saturated heterocycles. The number of nitrogens with zero attached hydrogens (tertiary/aromatic N) is 2. The topological polar surface area (TPSA) is 98.2 Å². The van der Waals surface area contributed by atoms with E-state index in [4.69, 9.17) is 4.74 Å². The number of hydrogen-bond acceptors (Lipinski definition) is 7. The van der Waals surface area contributed by atoms with Gasteiger partial charge >= 0.3 is 0 Å². The number of fused-ring (bicyclic) bond motifs is 1. The molecule has 1 N–H and O–H groups in total. The summed E-state index contributed by atoms with van der Waals surface area (Å²) in [7, 11) is -3.28. The molecule has 0 spiro atoms. The van der Waals surface area contributed by atoms with Gasteiger partial charge in [-0.3, -0.25) is 10.1 Å². The molecule has 0 aliphatic heterocycles. The predicted molar refractivity (Wildman–Crippen MR) is 123 cm³/mol. The van der Waals surface area contributed by atoms with Crippen molar-refractivity contribution in [3.8, 4) is 0 Å². The van der Waals surface area contributed by atoms with Crippen molar-refractivity contribution < 1.29 is 17.9 Å². The number of carbonyl (C=O) groups is 1. The highest BCUT2D eigenvalue weighted by Crippen LogP contribution is 2.35. The number of ether oxygens (including phenoxy) is 1. The highest BCUT2D eigenvalue weighted by atomic mass is 32.2. The molecule has 1 unspecified atom stereocenters. The Morgan fingerprint density at radius 2 is 1.81 bits per heavy atom. The number of aromatic nitrogens is 2. The molecule has 2 heterocycles. The number of benzene rings is 1. The average molecular weight is 472 g/mol. The molecule has 9 heteroatoms. The monoisotopic (exact) mass is 471 g/mol. The van der Waals surface area contributed by atoms with E-state index in [0.717, 1.165) is 48.9 Å². The Morgan fingerprint density at radius 1 is 1.06 bits per heavy atom. The number of carbonyl (C=O) groups excluding carboxylic acids is 1. The van der Waals surface area contributed by atoms with Gasteiger partial charge in [-0.05, 0) is 55.5 Å². The Hall–Kier alpha value is -2.36. The molecule has 2 saturated carbocycles. The molecule has 32 heavy (non-hydrogen) atoms.